The quantitative estimate of drug-likeness (QED) is 0.253. The number of hydrogen-bond acceptors (Lipinski definition) is 5. The van der Waals surface area contributed by atoms with E-state index in [4.69, 9.17) is 21.4 Å². The zero-order valence-corrected chi connectivity index (χ0v) is 12.9. The van der Waals surface area contributed by atoms with E-state index in [0.717, 1.165) is 0 Å². The van der Waals surface area contributed by atoms with Crippen molar-refractivity contribution in [1.82, 2.24) is 0 Å². The molecule has 2 aromatic rings. The largest absolute Gasteiger partial charge is 0.497 e. The third-order valence-electron chi connectivity index (χ3n) is 3.48. The summed E-state index contributed by atoms with van der Waals surface area (Å²) in [7, 11) is 1.55. The van der Waals surface area contributed by atoms with E-state index >= 15 is 0 Å². The van der Waals surface area contributed by atoms with Crippen LogP contribution in [0.2, 0.25) is 0 Å². The van der Waals surface area contributed by atoms with E-state index < -0.39 is 5.54 Å². The molecule has 2 aromatic carbocycles. The van der Waals surface area contributed by atoms with Gasteiger partial charge in [-0.1, -0.05) is 35.3 Å². The first-order valence-electron chi connectivity index (χ1n) is 6.91. The van der Waals surface area contributed by atoms with Crippen LogP contribution in [0.25, 0.3) is 10.4 Å². The van der Waals surface area contributed by atoms with Crippen molar-refractivity contribution in [2.75, 3.05) is 13.8 Å². The molecule has 0 spiro atoms. The summed E-state index contributed by atoms with van der Waals surface area (Å²) >= 11 is 0. The number of hydrogen-bond donors (Lipinski definition) is 0. The first-order chi connectivity index (χ1) is 11.7. The van der Waals surface area contributed by atoms with Crippen LogP contribution in [-0.2, 0) is 5.54 Å². The van der Waals surface area contributed by atoms with Crippen LogP contribution in [0.5, 0.6) is 11.5 Å². The molecule has 24 heavy (non-hydrogen) atoms. The summed E-state index contributed by atoms with van der Waals surface area (Å²) in [5.41, 5.74) is 7.86. The van der Waals surface area contributed by atoms with E-state index in [1.54, 1.807) is 55.6 Å². The smallest absolute Gasteiger partial charge is 0.212 e. The van der Waals surface area contributed by atoms with Gasteiger partial charge in [-0.3, -0.25) is 0 Å². The van der Waals surface area contributed by atoms with Crippen LogP contribution in [0, 0.1) is 17.3 Å². The topological polar surface area (TPSA) is 96.6 Å². The number of terminal acetylenes is 1. The fraction of sp³-hybridized carbons (Fsp3) is 0.176. The minimum absolute atomic E-state index is 0.124. The Morgan fingerprint density at radius 2 is 1.67 bits per heavy atom. The summed E-state index contributed by atoms with van der Waals surface area (Å²) in [6.45, 7) is -0.124. The highest BCUT2D eigenvalue weighted by Gasteiger charge is 2.34. The Balaban J connectivity index is 2.37. The molecular formula is C17H14N4O3. The summed E-state index contributed by atoms with van der Waals surface area (Å²) in [5, 5.41) is 6.48. The Morgan fingerprint density at radius 1 is 1.12 bits per heavy atom. The van der Waals surface area contributed by atoms with Gasteiger partial charge in [0.2, 0.25) is 5.54 Å². The monoisotopic (exact) mass is 322 g/mol. The maximum absolute atomic E-state index is 11.6. The van der Waals surface area contributed by atoms with Crippen molar-refractivity contribution < 1.29 is 9.47 Å². The third kappa shape index (κ3) is 3.29. The molecule has 120 valence electrons. The van der Waals surface area contributed by atoms with Gasteiger partial charge in [0.05, 0.1) is 7.11 Å². The van der Waals surface area contributed by atoms with Gasteiger partial charge in [0, 0.05) is 16.0 Å². The molecule has 0 aliphatic heterocycles. The van der Waals surface area contributed by atoms with Crippen LogP contribution in [0.4, 0.5) is 0 Å². The van der Waals surface area contributed by atoms with Crippen molar-refractivity contribution in [2.45, 2.75) is 5.54 Å². The minimum atomic E-state index is -1.45. The second kappa shape index (κ2) is 7.68. The number of azide groups is 1. The summed E-state index contributed by atoms with van der Waals surface area (Å²) < 4.78 is 10.3. The molecule has 1 unspecified atom stereocenters. The molecule has 0 aromatic heterocycles. The van der Waals surface area contributed by atoms with E-state index in [2.05, 4.69) is 21.1 Å². The van der Waals surface area contributed by atoms with Crippen molar-refractivity contribution in [1.29, 1.82) is 0 Å². The Bertz CT molecular complexity index is 790. The maximum Gasteiger partial charge on any atom is 0.212 e. The molecule has 0 heterocycles. The predicted octanol–water partition coefficient (Wildman–Crippen LogP) is 3.99. The lowest BCUT2D eigenvalue weighted by molar-refractivity contribution is 0.329. The van der Waals surface area contributed by atoms with E-state index in [0.29, 0.717) is 22.6 Å². The van der Waals surface area contributed by atoms with Crippen LogP contribution in [0.3, 0.4) is 0 Å². The van der Waals surface area contributed by atoms with Gasteiger partial charge in [0.25, 0.3) is 0 Å². The molecule has 0 radical (unpaired) electrons. The highest BCUT2D eigenvalue weighted by molar-refractivity contribution is 5.49. The van der Waals surface area contributed by atoms with Crippen molar-refractivity contribution in [3.05, 3.63) is 75.0 Å². The van der Waals surface area contributed by atoms with Crippen molar-refractivity contribution in [3.8, 4) is 23.8 Å². The first kappa shape index (κ1) is 16.9. The fourth-order valence-corrected chi connectivity index (χ4v) is 2.22. The van der Waals surface area contributed by atoms with Gasteiger partial charge in [-0.15, -0.1) is 11.3 Å². The number of rotatable bonds is 7. The molecule has 7 heteroatoms. The molecule has 0 N–H and O–H groups in total. The lowest BCUT2D eigenvalue weighted by atomic mass is 9.84. The normalized spacial score (nSPS) is 12.2. The van der Waals surface area contributed by atoms with Gasteiger partial charge in [-0.2, -0.15) is 0 Å². The van der Waals surface area contributed by atoms with Crippen LogP contribution < -0.4 is 9.47 Å². The highest BCUT2D eigenvalue weighted by atomic mass is 16.5. The molecule has 0 saturated heterocycles. The van der Waals surface area contributed by atoms with Gasteiger partial charge in [-0.05, 0) is 35.0 Å². The van der Waals surface area contributed by atoms with Crippen molar-refractivity contribution in [3.63, 3.8) is 0 Å². The number of benzene rings is 2. The van der Waals surface area contributed by atoms with Crippen molar-refractivity contribution >= 4 is 0 Å². The SMILES string of the molecule is C#CC(N=O)(c1ccc(OC)cc1)c1ccc(OCN=[N+]=[N-])cc1. The highest BCUT2D eigenvalue weighted by Crippen LogP contribution is 2.35. The molecule has 0 saturated carbocycles. The number of ether oxygens (including phenoxy) is 2. The van der Waals surface area contributed by atoms with Crippen LogP contribution in [-0.4, -0.2) is 13.8 Å². The Labute approximate surface area is 138 Å². The van der Waals surface area contributed by atoms with E-state index in [1.165, 1.54) is 0 Å². The first-order valence-corrected chi connectivity index (χ1v) is 6.91. The van der Waals surface area contributed by atoms with Gasteiger partial charge in [-0.25, -0.2) is 0 Å². The van der Waals surface area contributed by atoms with Crippen molar-refractivity contribution in [2.24, 2.45) is 10.3 Å². The molecule has 7 nitrogen and oxygen atoms in total. The third-order valence-corrected chi connectivity index (χ3v) is 3.48. The average molecular weight is 322 g/mol. The zero-order valence-electron chi connectivity index (χ0n) is 12.9. The molecule has 1 atom stereocenters. The Hall–Kier alpha value is -3.49. The van der Waals surface area contributed by atoms with E-state index in [-0.39, 0.29) is 6.73 Å². The predicted molar refractivity (Wildman–Crippen MR) is 89.5 cm³/mol. The summed E-state index contributed by atoms with van der Waals surface area (Å²) in [5.74, 6) is 3.61. The summed E-state index contributed by atoms with van der Waals surface area (Å²) in [4.78, 5) is 14.2. The lowest BCUT2D eigenvalue weighted by Gasteiger charge is -2.22. The van der Waals surface area contributed by atoms with Crippen LogP contribution >= 0.6 is 0 Å². The van der Waals surface area contributed by atoms with Crippen LogP contribution in [0.1, 0.15) is 11.1 Å². The van der Waals surface area contributed by atoms with E-state index in [9.17, 15) is 4.91 Å². The van der Waals surface area contributed by atoms with Gasteiger partial charge >= 0.3 is 0 Å². The second-order valence-electron chi connectivity index (χ2n) is 4.70. The average Bonchev–Trinajstić information content (AvgIpc) is 2.65. The molecule has 0 amide bonds. The number of nitrogens with zero attached hydrogens (tertiary/aromatic N) is 4. The molecule has 0 bridgehead atoms. The zero-order chi connectivity index (χ0) is 17.4. The number of methoxy groups -OCH3 is 1. The van der Waals surface area contributed by atoms with Gasteiger partial charge < -0.3 is 9.47 Å². The second-order valence-corrected chi connectivity index (χ2v) is 4.70. The van der Waals surface area contributed by atoms with Gasteiger partial charge in [0.1, 0.15) is 11.5 Å². The number of nitroso groups, excluding NO2 is 1. The Kier molecular flexibility index (Phi) is 5.40. The standard InChI is InChI=1S/C17H14N4O3/c1-3-17(20-22,13-4-8-15(23-2)9-5-13)14-6-10-16(11-7-14)24-12-19-21-18/h1,4-11H,12H2,2H3. The lowest BCUT2D eigenvalue weighted by Crippen LogP contribution is -2.22. The van der Waals surface area contributed by atoms with E-state index in [1.807, 2.05) is 0 Å². The summed E-state index contributed by atoms with van der Waals surface area (Å²) in [6.07, 6.45) is 5.63. The minimum Gasteiger partial charge on any atom is -0.497 e. The molecule has 2 rings (SSSR count). The molecule has 0 aliphatic carbocycles. The molecule has 0 fully saturated rings. The fourth-order valence-electron chi connectivity index (χ4n) is 2.22. The molecular weight excluding hydrogens is 308 g/mol. The van der Waals surface area contributed by atoms with Gasteiger partial charge in [0.15, 0.2) is 6.73 Å². The molecule has 0 aliphatic rings. The summed E-state index contributed by atoms with van der Waals surface area (Å²) in [6, 6.07) is 13.4. The van der Waals surface area contributed by atoms with Crippen LogP contribution in [0.15, 0.2) is 58.8 Å². The maximum atomic E-state index is 11.6. The Morgan fingerprint density at radius 3 is 2.08 bits per heavy atom.